The molecule has 0 aliphatic rings. The summed E-state index contributed by atoms with van der Waals surface area (Å²) in [6, 6.07) is 4.66. The lowest BCUT2D eigenvalue weighted by Gasteiger charge is -1.99. The van der Waals surface area contributed by atoms with E-state index in [1.807, 2.05) is 0 Å². The minimum absolute atomic E-state index is 0.263. The van der Waals surface area contributed by atoms with Crippen LogP contribution in [0.4, 0.5) is 0 Å². The van der Waals surface area contributed by atoms with Crippen molar-refractivity contribution in [2.24, 2.45) is 0 Å². The van der Waals surface area contributed by atoms with Crippen molar-refractivity contribution < 1.29 is 0 Å². The lowest BCUT2D eigenvalue weighted by molar-refractivity contribution is 1.06. The van der Waals surface area contributed by atoms with Gasteiger partial charge in [0, 0.05) is 18.0 Å². The molecule has 0 saturated heterocycles. The molecular weight excluding hydrogens is 194 g/mol. The van der Waals surface area contributed by atoms with E-state index >= 15 is 0 Å². The van der Waals surface area contributed by atoms with Gasteiger partial charge < -0.3 is 9.97 Å². The summed E-state index contributed by atoms with van der Waals surface area (Å²) in [5.41, 5.74) is 0.405. The highest BCUT2D eigenvalue weighted by Crippen LogP contribution is 2.05. The van der Waals surface area contributed by atoms with E-state index < -0.39 is 0 Å². The van der Waals surface area contributed by atoms with Crippen LogP contribution in [0.3, 0.4) is 0 Å². The molecule has 0 spiro atoms. The number of hydrogen-bond acceptors (Lipinski definition) is 3. The molecule has 0 bridgehead atoms. The fraction of sp³-hybridized carbons (Fsp3) is 0.100. The third-order valence-electron chi connectivity index (χ3n) is 1.94. The van der Waals surface area contributed by atoms with E-state index in [0.29, 0.717) is 17.1 Å². The Morgan fingerprint density at radius 1 is 1.33 bits per heavy atom. The Labute approximate surface area is 84.8 Å². The number of H-pyrrole nitrogens is 2. The maximum Gasteiger partial charge on any atom is 0.258 e. The molecule has 2 N–H and O–H groups in total. The molecule has 0 fully saturated rings. The normalized spacial score (nSPS) is 10.2. The molecule has 0 aliphatic heterocycles. The Morgan fingerprint density at radius 3 is 2.80 bits per heavy atom. The second-order valence-corrected chi connectivity index (χ2v) is 3.15. The maximum atomic E-state index is 11.4. The topological polar surface area (TPSA) is 78.6 Å². The first-order chi connectivity index (χ1) is 7.16. The lowest BCUT2D eigenvalue weighted by Crippen LogP contribution is -2.14. The van der Waals surface area contributed by atoms with Gasteiger partial charge in [-0.1, -0.05) is 0 Å². The third kappa shape index (κ3) is 1.85. The van der Waals surface area contributed by atoms with Crippen LogP contribution in [0.2, 0.25) is 0 Å². The smallest absolute Gasteiger partial charge is 0.258 e. The van der Waals surface area contributed by atoms with Crippen molar-refractivity contribution in [1.82, 2.24) is 15.0 Å². The van der Waals surface area contributed by atoms with Gasteiger partial charge in [0.05, 0.1) is 5.56 Å². The highest BCUT2D eigenvalue weighted by molar-refractivity contribution is 5.52. The molecule has 2 rings (SSSR count). The Bertz CT molecular complexity index is 598. The molecule has 5 heteroatoms. The number of pyridine rings is 1. The lowest BCUT2D eigenvalue weighted by atomic mass is 10.2. The predicted octanol–water partition coefficient (Wildman–Crippen LogP) is 0.434. The zero-order valence-corrected chi connectivity index (χ0v) is 8.07. The largest absolute Gasteiger partial charge is 0.328 e. The number of nitrogens with one attached hydrogen (secondary N) is 2. The van der Waals surface area contributed by atoms with Crippen molar-refractivity contribution in [2.75, 3.05) is 0 Å². The molecular formula is C10H9N3O2. The minimum atomic E-state index is -0.272. The standard InChI is InChI=1S/C10H9N3O2/c1-6-5-8(14)13-9(12-6)7-3-2-4-11-10(7)15/h2-5H,1H3,(H,11,15)(H,12,13,14). The van der Waals surface area contributed by atoms with Gasteiger partial charge >= 0.3 is 0 Å². The van der Waals surface area contributed by atoms with Crippen molar-refractivity contribution in [3.8, 4) is 11.4 Å². The first kappa shape index (κ1) is 9.39. The van der Waals surface area contributed by atoms with E-state index in [9.17, 15) is 9.59 Å². The van der Waals surface area contributed by atoms with E-state index in [1.165, 1.54) is 12.3 Å². The number of aryl methyl sites for hydroxylation is 1. The van der Waals surface area contributed by atoms with E-state index in [1.54, 1.807) is 19.1 Å². The van der Waals surface area contributed by atoms with Crippen molar-refractivity contribution in [3.05, 3.63) is 50.8 Å². The van der Waals surface area contributed by atoms with Crippen LogP contribution in [0.1, 0.15) is 5.69 Å². The van der Waals surface area contributed by atoms with Crippen molar-refractivity contribution in [2.45, 2.75) is 6.92 Å². The second kappa shape index (κ2) is 3.53. The Hall–Kier alpha value is -2.17. The fourth-order valence-electron chi connectivity index (χ4n) is 1.31. The first-order valence-electron chi connectivity index (χ1n) is 4.43. The van der Waals surface area contributed by atoms with Crippen LogP contribution in [0.5, 0.6) is 0 Å². The van der Waals surface area contributed by atoms with Crippen LogP contribution in [-0.4, -0.2) is 15.0 Å². The summed E-state index contributed by atoms with van der Waals surface area (Å²) in [5, 5.41) is 0. The van der Waals surface area contributed by atoms with E-state index in [2.05, 4.69) is 15.0 Å². The van der Waals surface area contributed by atoms with Gasteiger partial charge in [-0.25, -0.2) is 4.98 Å². The number of nitrogens with zero attached hydrogens (tertiary/aromatic N) is 1. The molecule has 2 aromatic rings. The summed E-state index contributed by atoms with van der Waals surface area (Å²) < 4.78 is 0. The van der Waals surface area contributed by atoms with Crippen molar-refractivity contribution >= 4 is 0 Å². The molecule has 76 valence electrons. The summed E-state index contributed by atoms with van der Waals surface area (Å²) in [7, 11) is 0. The SMILES string of the molecule is Cc1cc(=O)[nH]c(-c2ccc[nH]c2=O)n1. The molecule has 0 atom stereocenters. The number of aromatic amines is 2. The molecule has 0 saturated carbocycles. The van der Waals surface area contributed by atoms with Crippen LogP contribution in [0.15, 0.2) is 34.0 Å². The highest BCUT2D eigenvalue weighted by Gasteiger charge is 2.05. The zero-order valence-electron chi connectivity index (χ0n) is 8.07. The van der Waals surface area contributed by atoms with E-state index in [4.69, 9.17) is 0 Å². The Morgan fingerprint density at radius 2 is 2.13 bits per heavy atom. The van der Waals surface area contributed by atoms with Gasteiger partial charge in [0.15, 0.2) is 0 Å². The second-order valence-electron chi connectivity index (χ2n) is 3.15. The van der Waals surface area contributed by atoms with Gasteiger partial charge in [0.2, 0.25) is 0 Å². The van der Waals surface area contributed by atoms with Crippen LogP contribution < -0.4 is 11.1 Å². The van der Waals surface area contributed by atoms with Gasteiger partial charge in [-0.2, -0.15) is 0 Å². The first-order valence-corrected chi connectivity index (χ1v) is 4.43. The van der Waals surface area contributed by atoms with E-state index in [-0.39, 0.29) is 11.1 Å². The Kier molecular flexibility index (Phi) is 2.21. The summed E-state index contributed by atoms with van der Waals surface area (Å²) in [5.74, 6) is 0.293. The number of aromatic nitrogens is 3. The highest BCUT2D eigenvalue weighted by atomic mass is 16.1. The molecule has 0 aromatic carbocycles. The quantitative estimate of drug-likeness (QED) is 0.705. The van der Waals surface area contributed by atoms with Crippen LogP contribution >= 0.6 is 0 Å². The van der Waals surface area contributed by atoms with Crippen molar-refractivity contribution in [3.63, 3.8) is 0 Å². The summed E-state index contributed by atoms with van der Waals surface area (Å²) >= 11 is 0. The number of hydrogen-bond donors (Lipinski definition) is 2. The zero-order chi connectivity index (χ0) is 10.8. The van der Waals surface area contributed by atoms with E-state index in [0.717, 1.165) is 0 Å². The molecule has 2 heterocycles. The average molecular weight is 203 g/mol. The monoisotopic (exact) mass is 203 g/mol. The fourth-order valence-corrected chi connectivity index (χ4v) is 1.31. The van der Waals surface area contributed by atoms with Crippen molar-refractivity contribution in [1.29, 1.82) is 0 Å². The van der Waals surface area contributed by atoms with Gasteiger partial charge in [0.1, 0.15) is 5.82 Å². The van der Waals surface area contributed by atoms with Gasteiger partial charge in [-0.15, -0.1) is 0 Å². The van der Waals surface area contributed by atoms with Crippen LogP contribution in [0.25, 0.3) is 11.4 Å². The summed E-state index contributed by atoms with van der Waals surface area (Å²) in [6.07, 6.45) is 1.53. The molecule has 0 amide bonds. The van der Waals surface area contributed by atoms with Gasteiger partial charge in [0.25, 0.3) is 11.1 Å². The molecule has 0 aliphatic carbocycles. The Balaban J connectivity index is 2.70. The average Bonchev–Trinajstić information content (AvgIpc) is 2.16. The molecule has 0 unspecified atom stereocenters. The molecule has 5 nitrogen and oxygen atoms in total. The minimum Gasteiger partial charge on any atom is -0.328 e. The summed E-state index contributed by atoms with van der Waals surface area (Å²) in [4.78, 5) is 31.7. The number of rotatable bonds is 1. The predicted molar refractivity (Wildman–Crippen MR) is 55.7 cm³/mol. The van der Waals surface area contributed by atoms with Gasteiger partial charge in [-0.05, 0) is 19.1 Å². The molecule has 15 heavy (non-hydrogen) atoms. The maximum absolute atomic E-state index is 11.4. The van der Waals surface area contributed by atoms with Gasteiger partial charge in [-0.3, -0.25) is 9.59 Å². The molecule has 2 aromatic heterocycles. The summed E-state index contributed by atoms with van der Waals surface area (Å²) in [6.45, 7) is 1.70. The van der Waals surface area contributed by atoms with Crippen LogP contribution in [-0.2, 0) is 0 Å². The third-order valence-corrected chi connectivity index (χ3v) is 1.94. The molecule has 0 radical (unpaired) electrons. The van der Waals surface area contributed by atoms with Crippen LogP contribution in [0, 0.1) is 6.92 Å².